The van der Waals surface area contributed by atoms with Crippen molar-refractivity contribution in [2.45, 2.75) is 6.61 Å². The lowest BCUT2D eigenvalue weighted by atomic mass is 10.1. The standard InChI is InChI=1S/C21H15NO3S/c23-20-19(26-21(24)22-20)12-15-7-2-4-11-18(15)25-13-16-9-5-8-14-6-1-3-10-17(14)16/h1-12H,13H2,(H,22,23,24)/b19-12-. The van der Waals surface area contributed by atoms with Gasteiger partial charge < -0.3 is 4.74 Å². The zero-order valence-corrected chi connectivity index (χ0v) is 14.6. The Morgan fingerprint density at radius 2 is 1.69 bits per heavy atom. The average molecular weight is 361 g/mol. The van der Waals surface area contributed by atoms with Crippen LogP contribution in [0.5, 0.6) is 5.75 Å². The molecule has 128 valence electrons. The lowest BCUT2D eigenvalue weighted by Gasteiger charge is -2.11. The van der Waals surface area contributed by atoms with Gasteiger partial charge in [0.05, 0.1) is 4.91 Å². The molecule has 0 saturated carbocycles. The van der Waals surface area contributed by atoms with Gasteiger partial charge in [0.15, 0.2) is 0 Å². The molecule has 5 heteroatoms. The minimum Gasteiger partial charge on any atom is -0.488 e. The molecule has 0 aliphatic carbocycles. The summed E-state index contributed by atoms with van der Waals surface area (Å²) in [6.45, 7) is 0.416. The summed E-state index contributed by atoms with van der Waals surface area (Å²) in [5.74, 6) is 0.296. The molecular formula is C21H15NO3S. The lowest BCUT2D eigenvalue weighted by Crippen LogP contribution is -2.17. The number of fused-ring (bicyclic) bond motifs is 1. The van der Waals surface area contributed by atoms with Crippen molar-refractivity contribution in [1.29, 1.82) is 0 Å². The SMILES string of the molecule is O=C1NC(=O)/C(=C/c2ccccc2OCc2cccc3ccccc23)S1. The maximum absolute atomic E-state index is 11.8. The number of para-hydroxylation sites is 1. The van der Waals surface area contributed by atoms with Crippen LogP contribution < -0.4 is 10.1 Å². The van der Waals surface area contributed by atoms with Crippen molar-refractivity contribution in [3.8, 4) is 5.75 Å². The Hall–Kier alpha value is -3.05. The molecule has 0 spiro atoms. The number of rotatable bonds is 4. The van der Waals surface area contributed by atoms with E-state index in [9.17, 15) is 9.59 Å². The zero-order chi connectivity index (χ0) is 17.9. The second-order valence-electron chi connectivity index (χ2n) is 5.82. The molecule has 2 amide bonds. The van der Waals surface area contributed by atoms with Crippen molar-refractivity contribution in [3.63, 3.8) is 0 Å². The van der Waals surface area contributed by atoms with Gasteiger partial charge in [-0.3, -0.25) is 14.9 Å². The third kappa shape index (κ3) is 3.34. The molecule has 1 fully saturated rings. The third-order valence-electron chi connectivity index (χ3n) is 4.11. The quantitative estimate of drug-likeness (QED) is 0.682. The summed E-state index contributed by atoms with van der Waals surface area (Å²) < 4.78 is 6.03. The number of nitrogens with one attached hydrogen (secondary N) is 1. The molecular weight excluding hydrogens is 346 g/mol. The van der Waals surface area contributed by atoms with Gasteiger partial charge in [-0.15, -0.1) is 0 Å². The number of imide groups is 1. The topological polar surface area (TPSA) is 55.4 Å². The van der Waals surface area contributed by atoms with E-state index < -0.39 is 0 Å². The third-order valence-corrected chi connectivity index (χ3v) is 4.92. The fraction of sp³-hybridized carbons (Fsp3) is 0.0476. The number of benzene rings is 3. The summed E-state index contributed by atoms with van der Waals surface area (Å²) in [5.41, 5.74) is 1.86. The second kappa shape index (κ2) is 7.06. The molecule has 1 aliphatic rings. The van der Waals surface area contributed by atoms with E-state index in [4.69, 9.17) is 4.74 Å². The van der Waals surface area contributed by atoms with Crippen LogP contribution in [0.4, 0.5) is 4.79 Å². The number of hydrogen-bond donors (Lipinski definition) is 1. The Labute approximate surface area is 154 Å². The first kappa shape index (κ1) is 16.4. The fourth-order valence-electron chi connectivity index (χ4n) is 2.87. The van der Waals surface area contributed by atoms with Crippen LogP contribution in [0, 0.1) is 0 Å². The lowest BCUT2D eigenvalue weighted by molar-refractivity contribution is -0.115. The van der Waals surface area contributed by atoms with Crippen molar-refractivity contribution >= 4 is 39.8 Å². The molecule has 1 aliphatic heterocycles. The van der Waals surface area contributed by atoms with Crippen LogP contribution in [0.3, 0.4) is 0 Å². The first-order chi connectivity index (χ1) is 12.7. The molecule has 0 bridgehead atoms. The van der Waals surface area contributed by atoms with E-state index in [-0.39, 0.29) is 11.1 Å². The fourth-order valence-corrected chi connectivity index (χ4v) is 3.54. The van der Waals surface area contributed by atoms with E-state index in [2.05, 4.69) is 23.5 Å². The number of hydrogen-bond acceptors (Lipinski definition) is 4. The van der Waals surface area contributed by atoms with Gasteiger partial charge in [-0.25, -0.2) is 0 Å². The molecule has 1 saturated heterocycles. The first-order valence-electron chi connectivity index (χ1n) is 8.14. The average Bonchev–Trinajstić information content (AvgIpc) is 2.98. The van der Waals surface area contributed by atoms with E-state index in [0.29, 0.717) is 17.3 Å². The molecule has 1 N–H and O–H groups in total. The molecule has 0 aromatic heterocycles. The monoisotopic (exact) mass is 361 g/mol. The highest BCUT2D eigenvalue weighted by atomic mass is 32.2. The van der Waals surface area contributed by atoms with Gasteiger partial charge in [0.2, 0.25) is 0 Å². The van der Waals surface area contributed by atoms with Crippen molar-refractivity contribution < 1.29 is 14.3 Å². The minimum absolute atomic E-state index is 0.351. The molecule has 3 aromatic carbocycles. The molecule has 1 heterocycles. The van der Waals surface area contributed by atoms with Crippen molar-refractivity contribution in [2.75, 3.05) is 0 Å². The molecule has 4 nitrogen and oxygen atoms in total. The summed E-state index contributed by atoms with van der Waals surface area (Å²) in [5, 5.41) is 4.23. The predicted octanol–water partition coefficient (Wildman–Crippen LogP) is 4.74. The minimum atomic E-state index is -0.371. The maximum atomic E-state index is 11.8. The van der Waals surface area contributed by atoms with E-state index in [1.54, 1.807) is 6.08 Å². The van der Waals surface area contributed by atoms with Crippen LogP contribution in [0.1, 0.15) is 11.1 Å². The predicted molar refractivity (Wildman–Crippen MR) is 104 cm³/mol. The van der Waals surface area contributed by atoms with E-state index in [1.807, 2.05) is 48.5 Å². The Morgan fingerprint density at radius 1 is 0.923 bits per heavy atom. The normalized spacial score (nSPS) is 15.5. The number of carbonyl (C=O) groups excluding carboxylic acids is 2. The summed E-state index contributed by atoms with van der Waals surface area (Å²) >= 11 is 0.900. The van der Waals surface area contributed by atoms with Gasteiger partial charge in [0, 0.05) is 5.56 Å². The van der Waals surface area contributed by atoms with Gasteiger partial charge in [0.1, 0.15) is 12.4 Å². The number of amides is 2. The van der Waals surface area contributed by atoms with E-state index >= 15 is 0 Å². The number of carbonyl (C=O) groups is 2. The Balaban J connectivity index is 1.60. The van der Waals surface area contributed by atoms with Crippen LogP contribution in [-0.4, -0.2) is 11.1 Å². The van der Waals surface area contributed by atoms with E-state index in [0.717, 1.165) is 28.3 Å². The Morgan fingerprint density at radius 3 is 2.54 bits per heavy atom. The van der Waals surface area contributed by atoms with Crippen LogP contribution >= 0.6 is 11.8 Å². The maximum Gasteiger partial charge on any atom is 0.290 e. The van der Waals surface area contributed by atoms with Crippen molar-refractivity contribution in [1.82, 2.24) is 5.32 Å². The highest BCUT2D eigenvalue weighted by Crippen LogP contribution is 2.29. The van der Waals surface area contributed by atoms with Crippen molar-refractivity contribution in [2.24, 2.45) is 0 Å². The summed E-state index contributed by atoms with van der Waals surface area (Å²) in [4.78, 5) is 23.5. The molecule has 0 unspecified atom stereocenters. The van der Waals surface area contributed by atoms with Gasteiger partial charge >= 0.3 is 0 Å². The molecule has 4 rings (SSSR count). The molecule has 0 radical (unpaired) electrons. The zero-order valence-electron chi connectivity index (χ0n) is 13.8. The Kier molecular flexibility index (Phi) is 4.46. The molecule has 3 aromatic rings. The summed E-state index contributed by atoms with van der Waals surface area (Å²) in [6.07, 6.45) is 1.68. The van der Waals surface area contributed by atoms with Crippen LogP contribution in [0.25, 0.3) is 16.8 Å². The van der Waals surface area contributed by atoms with Crippen molar-refractivity contribution in [3.05, 3.63) is 82.8 Å². The van der Waals surface area contributed by atoms with Gasteiger partial charge in [-0.1, -0.05) is 60.7 Å². The smallest absolute Gasteiger partial charge is 0.290 e. The van der Waals surface area contributed by atoms with Gasteiger partial charge in [-0.05, 0) is 40.2 Å². The largest absolute Gasteiger partial charge is 0.488 e. The highest BCUT2D eigenvalue weighted by molar-refractivity contribution is 8.18. The number of ether oxygens (including phenoxy) is 1. The summed E-state index contributed by atoms with van der Waals surface area (Å²) in [7, 11) is 0. The van der Waals surface area contributed by atoms with Gasteiger partial charge in [-0.2, -0.15) is 0 Å². The highest BCUT2D eigenvalue weighted by Gasteiger charge is 2.25. The van der Waals surface area contributed by atoms with Crippen LogP contribution in [0.2, 0.25) is 0 Å². The molecule has 26 heavy (non-hydrogen) atoms. The number of thioether (sulfide) groups is 1. The van der Waals surface area contributed by atoms with E-state index in [1.165, 1.54) is 5.39 Å². The molecule has 0 atom stereocenters. The van der Waals surface area contributed by atoms with Crippen LogP contribution in [0.15, 0.2) is 71.6 Å². The Bertz CT molecular complexity index is 1040. The van der Waals surface area contributed by atoms with Gasteiger partial charge in [0.25, 0.3) is 11.1 Å². The summed E-state index contributed by atoms with van der Waals surface area (Å²) in [6, 6.07) is 21.8. The second-order valence-corrected chi connectivity index (χ2v) is 6.83. The first-order valence-corrected chi connectivity index (χ1v) is 8.96. The van der Waals surface area contributed by atoms with Crippen LogP contribution in [-0.2, 0) is 11.4 Å².